The second-order valence-corrected chi connectivity index (χ2v) is 5.94. The first-order valence-electron chi connectivity index (χ1n) is 6.95. The quantitative estimate of drug-likeness (QED) is 0.891. The molecule has 0 fully saturated rings. The summed E-state index contributed by atoms with van der Waals surface area (Å²) in [7, 11) is 0. The zero-order valence-corrected chi connectivity index (χ0v) is 12.4. The zero-order valence-electron chi connectivity index (χ0n) is 12.4. The molecule has 21 heavy (non-hydrogen) atoms. The van der Waals surface area contributed by atoms with Gasteiger partial charge in [-0.15, -0.1) is 5.11 Å². The van der Waals surface area contributed by atoms with E-state index >= 15 is 0 Å². The van der Waals surface area contributed by atoms with E-state index in [2.05, 4.69) is 32.7 Å². The summed E-state index contributed by atoms with van der Waals surface area (Å²) in [5, 5.41) is 12.0. The molecule has 1 aliphatic rings. The Morgan fingerprint density at radius 1 is 1.33 bits per heavy atom. The fraction of sp³-hybridized carbons (Fsp3) is 0.312. The van der Waals surface area contributed by atoms with Gasteiger partial charge in [-0.1, -0.05) is 6.07 Å². The SMILES string of the molecule is Cc1cc2cc(CNC(=O)C3=CC(C)(C)N=N3)ccc2[nH]1. The largest absolute Gasteiger partial charge is 0.359 e. The second kappa shape index (κ2) is 4.84. The normalized spacial score (nSPS) is 16.2. The van der Waals surface area contributed by atoms with Crippen LogP contribution in [-0.2, 0) is 11.3 Å². The number of H-pyrrole nitrogens is 1. The average Bonchev–Trinajstić information content (AvgIpc) is 2.96. The molecule has 1 aliphatic heterocycles. The van der Waals surface area contributed by atoms with Crippen LogP contribution < -0.4 is 5.32 Å². The van der Waals surface area contributed by atoms with Gasteiger partial charge in [-0.25, -0.2) is 0 Å². The van der Waals surface area contributed by atoms with Gasteiger partial charge in [0, 0.05) is 17.8 Å². The van der Waals surface area contributed by atoms with Crippen LogP contribution in [0.4, 0.5) is 0 Å². The third-order valence-electron chi connectivity index (χ3n) is 3.41. The summed E-state index contributed by atoms with van der Waals surface area (Å²) in [6.07, 6.45) is 1.78. The molecule has 0 atom stereocenters. The van der Waals surface area contributed by atoms with Crippen LogP contribution in [0.25, 0.3) is 10.9 Å². The van der Waals surface area contributed by atoms with Crippen molar-refractivity contribution in [2.75, 3.05) is 0 Å². The van der Waals surface area contributed by atoms with Gasteiger partial charge < -0.3 is 10.3 Å². The van der Waals surface area contributed by atoms with Crippen molar-refractivity contribution in [1.29, 1.82) is 0 Å². The lowest BCUT2D eigenvalue weighted by Gasteiger charge is -2.06. The van der Waals surface area contributed by atoms with E-state index in [4.69, 9.17) is 0 Å². The van der Waals surface area contributed by atoms with E-state index in [1.165, 1.54) is 0 Å². The average molecular weight is 282 g/mol. The number of benzene rings is 1. The number of nitrogens with zero attached hydrogens (tertiary/aromatic N) is 2. The third-order valence-corrected chi connectivity index (χ3v) is 3.41. The van der Waals surface area contributed by atoms with Crippen molar-refractivity contribution in [3.8, 4) is 0 Å². The summed E-state index contributed by atoms with van der Waals surface area (Å²) in [5.74, 6) is -0.185. The molecule has 1 aromatic heterocycles. The molecule has 0 saturated carbocycles. The van der Waals surface area contributed by atoms with Crippen molar-refractivity contribution in [2.45, 2.75) is 32.9 Å². The topological polar surface area (TPSA) is 69.6 Å². The van der Waals surface area contributed by atoms with E-state index < -0.39 is 0 Å². The predicted octanol–water partition coefficient (Wildman–Crippen LogP) is 3.22. The van der Waals surface area contributed by atoms with Crippen molar-refractivity contribution >= 4 is 16.8 Å². The highest BCUT2D eigenvalue weighted by atomic mass is 16.2. The van der Waals surface area contributed by atoms with Crippen LogP contribution in [0.5, 0.6) is 0 Å². The van der Waals surface area contributed by atoms with Crippen LogP contribution in [-0.4, -0.2) is 16.4 Å². The molecule has 0 spiro atoms. The predicted molar refractivity (Wildman–Crippen MR) is 81.9 cm³/mol. The lowest BCUT2D eigenvalue weighted by Crippen LogP contribution is -2.23. The maximum absolute atomic E-state index is 12.0. The first-order valence-corrected chi connectivity index (χ1v) is 6.95. The Morgan fingerprint density at radius 2 is 2.14 bits per heavy atom. The molecule has 0 aliphatic carbocycles. The number of aryl methyl sites for hydroxylation is 1. The minimum absolute atomic E-state index is 0.185. The molecule has 2 aromatic rings. The molecule has 2 N–H and O–H groups in total. The number of hydrogen-bond acceptors (Lipinski definition) is 3. The Bertz CT molecular complexity index is 768. The number of azo groups is 1. The number of carbonyl (C=O) groups excluding carboxylic acids is 1. The number of hydrogen-bond donors (Lipinski definition) is 2. The molecule has 0 unspecified atom stereocenters. The van der Waals surface area contributed by atoms with Gasteiger partial charge >= 0.3 is 0 Å². The number of rotatable bonds is 3. The van der Waals surface area contributed by atoms with Crippen LogP contribution in [0, 0.1) is 6.92 Å². The fourth-order valence-corrected chi connectivity index (χ4v) is 2.40. The number of carbonyl (C=O) groups is 1. The van der Waals surface area contributed by atoms with E-state index in [9.17, 15) is 4.79 Å². The van der Waals surface area contributed by atoms with Crippen molar-refractivity contribution in [3.63, 3.8) is 0 Å². The summed E-state index contributed by atoms with van der Waals surface area (Å²) in [5.41, 5.74) is 3.30. The lowest BCUT2D eigenvalue weighted by molar-refractivity contribution is -0.117. The van der Waals surface area contributed by atoms with Gasteiger partial charge in [0.25, 0.3) is 5.91 Å². The maximum Gasteiger partial charge on any atom is 0.271 e. The zero-order chi connectivity index (χ0) is 15.0. The molecule has 2 heterocycles. The Labute approximate surface area is 123 Å². The van der Waals surface area contributed by atoms with Crippen LogP contribution in [0.2, 0.25) is 0 Å². The Hall–Kier alpha value is -2.43. The molecule has 5 heteroatoms. The Morgan fingerprint density at radius 3 is 2.86 bits per heavy atom. The smallest absolute Gasteiger partial charge is 0.271 e. The molecule has 0 saturated heterocycles. The Kier molecular flexibility index (Phi) is 3.12. The van der Waals surface area contributed by atoms with Crippen LogP contribution in [0.15, 0.2) is 46.3 Å². The molecule has 0 radical (unpaired) electrons. The summed E-state index contributed by atoms with van der Waals surface area (Å²) >= 11 is 0. The molecule has 108 valence electrons. The van der Waals surface area contributed by atoms with Crippen LogP contribution in [0.3, 0.4) is 0 Å². The Balaban J connectivity index is 1.69. The first-order chi connectivity index (χ1) is 9.93. The number of amides is 1. The van der Waals surface area contributed by atoms with Crippen molar-refractivity contribution < 1.29 is 4.79 Å². The standard InChI is InChI=1S/C16H18N4O/c1-10-6-12-7-11(4-5-13(12)18-10)9-17-15(21)14-8-16(2,3)20-19-14/h4-8,18H,9H2,1-3H3,(H,17,21). The molecule has 1 aromatic carbocycles. The third kappa shape index (κ3) is 2.86. The fourth-order valence-electron chi connectivity index (χ4n) is 2.40. The molecule has 0 bridgehead atoms. The van der Waals surface area contributed by atoms with Gasteiger partial charge in [0.2, 0.25) is 0 Å². The van der Waals surface area contributed by atoms with Crippen molar-refractivity contribution in [3.05, 3.63) is 47.3 Å². The van der Waals surface area contributed by atoms with Gasteiger partial charge in [0.1, 0.15) is 5.70 Å². The monoisotopic (exact) mass is 282 g/mol. The van der Waals surface area contributed by atoms with E-state index in [1.807, 2.05) is 32.9 Å². The molecule has 1 amide bonds. The van der Waals surface area contributed by atoms with E-state index in [0.29, 0.717) is 12.2 Å². The highest BCUT2D eigenvalue weighted by molar-refractivity contribution is 5.93. The van der Waals surface area contributed by atoms with E-state index in [-0.39, 0.29) is 11.4 Å². The molecular weight excluding hydrogens is 264 g/mol. The number of aromatic amines is 1. The van der Waals surface area contributed by atoms with Gasteiger partial charge in [0.05, 0.1) is 5.54 Å². The summed E-state index contributed by atoms with van der Waals surface area (Å²) in [6, 6.07) is 8.21. The number of aromatic nitrogens is 1. The van der Waals surface area contributed by atoms with E-state index in [1.54, 1.807) is 6.08 Å². The maximum atomic E-state index is 12.0. The van der Waals surface area contributed by atoms with Gasteiger partial charge in [-0.2, -0.15) is 5.11 Å². The summed E-state index contributed by atoms with van der Waals surface area (Å²) in [6.45, 7) is 6.34. The minimum atomic E-state index is -0.381. The summed E-state index contributed by atoms with van der Waals surface area (Å²) < 4.78 is 0. The minimum Gasteiger partial charge on any atom is -0.359 e. The number of nitrogens with one attached hydrogen (secondary N) is 2. The molecule has 3 rings (SSSR count). The first kappa shape index (κ1) is 13.5. The molecule has 5 nitrogen and oxygen atoms in total. The van der Waals surface area contributed by atoms with Crippen LogP contribution in [0.1, 0.15) is 25.1 Å². The van der Waals surface area contributed by atoms with E-state index in [0.717, 1.165) is 22.2 Å². The van der Waals surface area contributed by atoms with Crippen molar-refractivity contribution in [1.82, 2.24) is 10.3 Å². The van der Waals surface area contributed by atoms with Gasteiger partial charge in [-0.3, -0.25) is 4.79 Å². The van der Waals surface area contributed by atoms with Gasteiger partial charge in [-0.05, 0) is 56.0 Å². The lowest BCUT2D eigenvalue weighted by atomic mass is 10.1. The van der Waals surface area contributed by atoms with Gasteiger partial charge in [0.15, 0.2) is 0 Å². The highest BCUT2D eigenvalue weighted by Gasteiger charge is 2.24. The summed E-state index contributed by atoms with van der Waals surface area (Å²) in [4.78, 5) is 15.3. The highest BCUT2D eigenvalue weighted by Crippen LogP contribution is 2.23. The molecular formula is C16H18N4O. The number of fused-ring (bicyclic) bond motifs is 1. The van der Waals surface area contributed by atoms with Crippen LogP contribution >= 0.6 is 0 Å². The van der Waals surface area contributed by atoms with Crippen molar-refractivity contribution in [2.24, 2.45) is 10.2 Å². The second-order valence-electron chi connectivity index (χ2n) is 5.94.